The largest absolute Gasteiger partial charge is 0.481 e. The van der Waals surface area contributed by atoms with Gasteiger partial charge in [-0.15, -0.1) is 0 Å². The summed E-state index contributed by atoms with van der Waals surface area (Å²) in [5.74, 6) is -4.47. The highest BCUT2D eigenvalue weighted by molar-refractivity contribution is 5.90. The molecule has 17 nitrogen and oxygen atoms in total. The number of nitrogens with one attached hydrogen (secondary N) is 1. The van der Waals surface area contributed by atoms with Crippen molar-refractivity contribution < 1.29 is 77.0 Å². The number of aliphatic carboxylic acids is 2. The smallest absolute Gasteiger partial charge is 0.407 e. The summed E-state index contributed by atoms with van der Waals surface area (Å²) < 4.78 is 25.0. The Morgan fingerprint density at radius 2 is 0.933 bits per heavy atom. The van der Waals surface area contributed by atoms with Crippen molar-refractivity contribution in [1.82, 2.24) is 5.32 Å². The molecule has 0 aliphatic rings. The van der Waals surface area contributed by atoms with Crippen LogP contribution in [0, 0.1) is 0 Å². The molecule has 45 heavy (non-hydrogen) atoms. The van der Waals surface area contributed by atoms with Gasteiger partial charge < -0.3 is 44.0 Å². The van der Waals surface area contributed by atoms with Crippen LogP contribution in [0.25, 0.3) is 0 Å². The summed E-state index contributed by atoms with van der Waals surface area (Å²) in [5, 5.41) is 17.9. The molecule has 0 heterocycles. The van der Waals surface area contributed by atoms with Gasteiger partial charge in [0.25, 0.3) is 0 Å². The molecule has 0 spiro atoms. The Balaban J connectivity index is -0.0000000607. The molecule has 262 valence electrons. The molecule has 0 aromatic heterocycles. The Kier molecular flexibility index (Phi) is 56.4. The van der Waals surface area contributed by atoms with Crippen LogP contribution in [0.4, 0.5) is 4.79 Å². The van der Waals surface area contributed by atoms with Crippen LogP contribution in [0.1, 0.15) is 35.1 Å². The summed E-state index contributed by atoms with van der Waals surface area (Å²) in [4.78, 5) is 79.6. The third kappa shape index (κ3) is 67.8. The number of amides is 1. The van der Waals surface area contributed by atoms with Crippen LogP contribution in [0.3, 0.4) is 0 Å². The minimum atomic E-state index is -1.17. The van der Waals surface area contributed by atoms with Crippen molar-refractivity contribution in [3.05, 3.63) is 49.6 Å². The number of carbonyl (C=O) groups is 8. The predicted octanol–water partition coefficient (Wildman–Crippen LogP) is 2.50. The quantitative estimate of drug-likeness (QED) is 0.147. The predicted molar refractivity (Wildman–Crippen MR) is 164 cm³/mol. The van der Waals surface area contributed by atoms with Crippen LogP contribution in [0.2, 0.25) is 0 Å². The van der Waals surface area contributed by atoms with Gasteiger partial charge in [0.1, 0.15) is 13.0 Å². The highest BCUT2D eigenvalue weighted by Crippen LogP contribution is 1.87. The van der Waals surface area contributed by atoms with Gasteiger partial charge in [0.2, 0.25) is 0 Å². The minimum absolute atomic E-state index is 0. The molecule has 0 atom stereocenters. The first kappa shape index (κ1) is 59.0. The Hall–Kier alpha value is -5.48. The van der Waals surface area contributed by atoms with E-state index in [9.17, 15) is 38.4 Å². The molecule has 0 rings (SSSR count). The summed E-state index contributed by atoms with van der Waals surface area (Å²) in [6.45, 7) is 15.8. The second kappa shape index (κ2) is 43.0. The molecular weight excluding hydrogens is 606 g/mol. The first-order valence-electron chi connectivity index (χ1n) is 11.0. The molecule has 0 aromatic carbocycles. The van der Waals surface area contributed by atoms with Gasteiger partial charge in [0.05, 0.1) is 42.7 Å². The van der Waals surface area contributed by atoms with Gasteiger partial charge in [-0.05, 0) is 13.8 Å². The summed E-state index contributed by atoms with van der Waals surface area (Å²) in [6, 6.07) is 0. The number of hydrogen-bond donors (Lipinski definition) is 3. The average molecular weight is 656 g/mol. The van der Waals surface area contributed by atoms with Crippen molar-refractivity contribution in [3.8, 4) is 0 Å². The number of esters is 5. The molecule has 0 radical (unpaired) electrons. The number of carboxylic acids is 2. The van der Waals surface area contributed by atoms with Crippen LogP contribution in [-0.2, 0) is 62.0 Å². The summed E-state index contributed by atoms with van der Waals surface area (Å²) in [6.07, 6.45) is 0.925. The third-order valence-electron chi connectivity index (χ3n) is 2.90. The summed E-state index contributed by atoms with van der Waals surface area (Å²) >= 11 is 0. The minimum Gasteiger partial charge on any atom is -0.481 e. The Morgan fingerprint density at radius 3 is 1.02 bits per heavy atom. The van der Waals surface area contributed by atoms with Gasteiger partial charge in [-0.2, -0.15) is 0 Å². The monoisotopic (exact) mass is 655 g/mol. The fourth-order valence-corrected chi connectivity index (χ4v) is 0.931. The maximum Gasteiger partial charge on any atom is 0.407 e. The van der Waals surface area contributed by atoms with E-state index in [1.54, 1.807) is 13.8 Å². The molecule has 0 aliphatic carbocycles. The Bertz CT molecular complexity index is 893. The zero-order valence-corrected chi connectivity index (χ0v) is 25.5. The van der Waals surface area contributed by atoms with Crippen LogP contribution >= 0.6 is 0 Å². The van der Waals surface area contributed by atoms with E-state index < -0.39 is 48.9 Å². The highest BCUT2D eigenvalue weighted by Gasteiger charge is 2.05. The van der Waals surface area contributed by atoms with E-state index in [4.69, 9.17) is 10.2 Å². The topological polar surface area (TPSA) is 244 Å². The Morgan fingerprint density at radius 1 is 0.600 bits per heavy atom. The fraction of sp³-hybridized carbons (Fsp3) is 0.429. The SMILES string of the molecule is C.C.C=C(C)C(=O)OC.C=C(C)C(=O)OC.C=CC(=O)OC.C=CC(=O)OC.COC(=O)CC(=O)O.COC(=O)NCC(=O)O. The van der Waals surface area contributed by atoms with Crippen molar-refractivity contribution in [2.75, 3.05) is 49.2 Å². The second-order valence-electron chi connectivity index (χ2n) is 6.38. The summed E-state index contributed by atoms with van der Waals surface area (Å²) in [7, 11) is 7.59. The van der Waals surface area contributed by atoms with Gasteiger partial charge in [0, 0.05) is 23.3 Å². The van der Waals surface area contributed by atoms with E-state index in [1.165, 1.54) is 28.4 Å². The van der Waals surface area contributed by atoms with E-state index in [0.29, 0.717) is 11.1 Å². The number of alkyl carbamates (subject to hydrolysis) is 1. The van der Waals surface area contributed by atoms with Crippen molar-refractivity contribution in [3.63, 3.8) is 0 Å². The number of methoxy groups -OCH3 is 6. The van der Waals surface area contributed by atoms with Crippen molar-refractivity contribution in [2.24, 2.45) is 0 Å². The van der Waals surface area contributed by atoms with Gasteiger partial charge >= 0.3 is 47.9 Å². The van der Waals surface area contributed by atoms with Gasteiger partial charge in [-0.25, -0.2) is 24.0 Å². The lowest BCUT2D eigenvalue weighted by Crippen LogP contribution is -2.28. The average Bonchev–Trinajstić information content (AvgIpc) is 2.98. The number of carbonyl (C=O) groups excluding carboxylic acids is 6. The van der Waals surface area contributed by atoms with Crippen molar-refractivity contribution in [2.45, 2.75) is 35.1 Å². The van der Waals surface area contributed by atoms with Gasteiger partial charge in [-0.3, -0.25) is 14.4 Å². The molecule has 1 amide bonds. The van der Waals surface area contributed by atoms with Crippen LogP contribution in [-0.4, -0.2) is 107 Å². The van der Waals surface area contributed by atoms with E-state index in [1.807, 2.05) is 5.32 Å². The normalized spacial score (nSPS) is 7.29. The molecule has 0 saturated heterocycles. The van der Waals surface area contributed by atoms with Crippen molar-refractivity contribution in [1.29, 1.82) is 0 Å². The number of rotatable bonds is 8. The first-order valence-corrected chi connectivity index (χ1v) is 11.0. The lowest BCUT2D eigenvalue weighted by molar-refractivity contribution is -0.149. The zero-order chi connectivity index (χ0) is 35.6. The fourth-order valence-electron chi connectivity index (χ4n) is 0.931. The summed E-state index contributed by atoms with van der Waals surface area (Å²) in [5.41, 5.74) is 0.866. The standard InChI is InChI=1S/2C5H8O2.C4H7NO4.C4H6O4.2C4H6O2.2CH4/c2*1-4(2)5(6)7-3;1-9-4(8)5-2-3(6)7;1-8-4(7)2-3(5)6;2*1-3-4(5)6-2;;/h2*1H2,2-3H3;2H2,1H3,(H,5,8)(H,6,7);2H2,1H3,(H,5,6);2*3H,1H2,2H3;2*1H4. The zero-order valence-electron chi connectivity index (χ0n) is 25.5. The third-order valence-corrected chi connectivity index (χ3v) is 2.90. The molecule has 0 saturated carbocycles. The van der Waals surface area contributed by atoms with Gasteiger partial charge in [0.15, 0.2) is 0 Å². The lowest BCUT2D eigenvalue weighted by atomic mass is 10.4. The van der Waals surface area contributed by atoms with Gasteiger partial charge in [-0.1, -0.05) is 41.2 Å². The molecule has 0 aliphatic heterocycles. The lowest BCUT2D eigenvalue weighted by Gasteiger charge is -1.96. The highest BCUT2D eigenvalue weighted by atomic mass is 16.5. The van der Waals surface area contributed by atoms with E-state index >= 15 is 0 Å². The van der Waals surface area contributed by atoms with E-state index in [-0.39, 0.29) is 26.8 Å². The maximum atomic E-state index is 10.2. The maximum absolute atomic E-state index is 10.2. The second-order valence-corrected chi connectivity index (χ2v) is 6.38. The Labute approximate surface area is 264 Å². The van der Waals surface area contributed by atoms with Crippen LogP contribution < -0.4 is 5.32 Å². The number of ether oxygens (including phenoxy) is 6. The molecule has 0 aromatic rings. The number of hydrogen-bond acceptors (Lipinski definition) is 14. The number of carboxylic acid groups (broad SMARTS) is 2. The van der Waals surface area contributed by atoms with Crippen molar-refractivity contribution >= 4 is 47.9 Å². The molecule has 0 bridgehead atoms. The van der Waals surface area contributed by atoms with E-state index in [2.05, 4.69) is 54.7 Å². The van der Waals surface area contributed by atoms with Crippen LogP contribution in [0.15, 0.2) is 49.6 Å². The van der Waals surface area contributed by atoms with Crippen LogP contribution in [0.5, 0.6) is 0 Å². The van der Waals surface area contributed by atoms with E-state index in [0.717, 1.165) is 26.4 Å². The molecular formula is C28H49NO16. The molecule has 17 heteroatoms. The first-order chi connectivity index (χ1) is 19.8. The molecule has 0 fully saturated rings. The molecule has 3 N–H and O–H groups in total. The molecule has 0 unspecified atom stereocenters.